The molecule has 172 valence electrons. The molecule has 0 radical (unpaired) electrons. The lowest BCUT2D eigenvalue weighted by molar-refractivity contribution is 0.732. The van der Waals surface area contributed by atoms with Crippen LogP contribution < -0.4 is 4.90 Å². The number of anilines is 1. The summed E-state index contributed by atoms with van der Waals surface area (Å²) in [7, 11) is 0. The third kappa shape index (κ3) is 4.44. The lowest BCUT2D eigenvalue weighted by atomic mass is 10.0. The molecular weight excluding hydrogens is 440 g/mol. The van der Waals surface area contributed by atoms with E-state index in [1.54, 1.807) is 0 Å². The summed E-state index contributed by atoms with van der Waals surface area (Å²) in [5, 5.41) is 0. The SMILES string of the molecule is C1=NC(c2ccccc2)N(c2ccc(-c3ccccn3)cc2)C=C1c1ccc(-c2ccccn2)cc1. The molecule has 0 spiro atoms. The number of benzene rings is 3. The van der Waals surface area contributed by atoms with Gasteiger partial charge in [-0.3, -0.25) is 15.0 Å². The van der Waals surface area contributed by atoms with Gasteiger partial charge >= 0.3 is 0 Å². The number of nitrogens with zero attached hydrogens (tertiary/aromatic N) is 4. The zero-order valence-corrected chi connectivity index (χ0v) is 19.6. The average molecular weight is 465 g/mol. The van der Waals surface area contributed by atoms with Crippen LogP contribution in [-0.2, 0) is 0 Å². The predicted molar refractivity (Wildman–Crippen MR) is 147 cm³/mol. The molecule has 4 heteroatoms. The second-order valence-electron chi connectivity index (χ2n) is 8.61. The Morgan fingerprint density at radius 2 is 1.08 bits per heavy atom. The van der Waals surface area contributed by atoms with Gasteiger partial charge in [0.25, 0.3) is 0 Å². The van der Waals surface area contributed by atoms with Crippen molar-refractivity contribution in [2.24, 2.45) is 4.99 Å². The molecule has 5 aromatic rings. The molecule has 0 bridgehead atoms. The molecule has 0 saturated heterocycles. The maximum atomic E-state index is 4.98. The van der Waals surface area contributed by atoms with Gasteiger partial charge in [-0.15, -0.1) is 0 Å². The minimum absolute atomic E-state index is 0.136. The van der Waals surface area contributed by atoms with Gasteiger partial charge in [-0.1, -0.05) is 78.9 Å². The van der Waals surface area contributed by atoms with Crippen LogP contribution in [0.15, 0.2) is 139 Å². The highest BCUT2D eigenvalue weighted by Gasteiger charge is 2.22. The molecule has 2 aromatic heterocycles. The van der Waals surface area contributed by atoms with E-state index in [2.05, 4.69) is 93.9 Å². The molecule has 3 aromatic carbocycles. The fraction of sp³-hybridized carbons (Fsp3) is 0.0312. The Balaban J connectivity index is 1.35. The fourth-order valence-electron chi connectivity index (χ4n) is 4.42. The van der Waals surface area contributed by atoms with E-state index in [9.17, 15) is 0 Å². The van der Waals surface area contributed by atoms with E-state index in [4.69, 9.17) is 4.99 Å². The van der Waals surface area contributed by atoms with Crippen LogP contribution >= 0.6 is 0 Å². The first-order valence-corrected chi connectivity index (χ1v) is 12.0. The maximum absolute atomic E-state index is 4.98. The monoisotopic (exact) mass is 464 g/mol. The standard InChI is InChI=1S/C32H24N4/c1-2-8-27(9-3-1)32-35-22-28(24-12-14-25(15-13-24)30-10-4-6-20-33-30)23-36(32)29-18-16-26(17-19-29)31-11-5-7-21-34-31/h1-23,32H. The summed E-state index contributed by atoms with van der Waals surface area (Å²) in [6.07, 6.45) is 7.67. The van der Waals surface area contributed by atoms with E-state index < -0.39 is 0 Å². The number of aromatic nitrogens is 2. The third-order valence-electron chi connectivity index (χ3n) is 6.30. The van der Waals surface area contributed by atoms with E-state index in [-0.39, 0.29) is 6.17 Å². The molecule has 0 fully saturated rings. The number of rotatable bonds is 5. The Hall–Kier alpha value is -4.83. The van der Waals surface area contributed by atoms with Crippen LogP contribution in [0.25, 0.3) is 28.1 Å². The van der Waals surface area contributed by atoms with Crippen LogP contribution in [0.3, 0.4) is 0 Å². The molecule has 3 heterocycles. The highest BCUT2D eigenvalue weighted by molar-refractivity contribution is 6.11. The first kappa shape index (κ1) is 21.7. The fourth-order valence-corrected chi connectivity index (χ4v) is 4.42. The van der Waals surface area contributed by atoms with Crippen molar-refractivity contribution in [1.82, 2.24) is 9.97 Å². The van der Waals surface area contributed by atoms with Gasteiger partial charge in [-0.05, 0) is 47.5 Å². The number of hydrogen-bond acceptors (Lipinski definition) is 4. The Bertz CT molecular complexity index is 1490. The molecule has 0 amide bonds. The minimum Gasteiger partial charge on any atom is -0.321 e. The van der Waals surface area contributed by atoms with Gasteiger partial charge < -0.3 is 4.90 Å². The molecule has 1 aliphatic rings. The van der Waals surface area contributed by atoms with Crippen LogP contribution in [0.4, 0.5) is 5.69 Å². The topological polar surface area (TPSA) is 41.4 Å². The van der Waals surface area contributed by atoms with Crippen molar-refractivity contribution in [2.75, 3.05) is 4.90 Å². The summed E-state index contributed by atoms with van der Waals surface area (Å²) in [5.74, 6) is 0. The van der Waals surface area contributed by atoms with Gasteiger partial charge in [0.2, 0.25) is 0 Å². The maximum Gasteiger partial charge on any atom is 0.150 e. The van der Waals surface area contributed by atoms with Gasteiger partial charge in [0.15, 0.2) is 6.17 Å². The highest BCUT2D eigenvalue weighted by atomic mass is 15.2. The van der Waals surface area contributed by atoms with Gasteiger partial charge in [-0.2, -0.15) is 0 Å². The second kappa shape index (κ2) is 9.80. The Morgan fingerprint density at radius 3 is 1.67 bits per heavy atom. The van der Waals surface area contributed by atoms with Gasteiger partial charge in [-0.25, -0.2) is 0 Å². The molecule has 1 unspecified atom stereocenters. The number of pyridine rings is 2. The summed E-state index contributed by atoms with van der Waals surface area (Å²) in [5.41, 5.74) is 8.50. The molecule has 0 aliphatic carbocycles. The highest BCUT2D eigenvalue weighted by Crippen LogP contribution is 2.35. The number of aliphatic imine (C=N–C) groups is 1. The van der Waals surface area contributed by atoms with Crippen LogP contribution in [0.1, 0.15) is 17.3 Å². The van der Waals surface area contributed by atoms with Crippen molar-refractivity contribution in [3.63, 3.8) is 0 Å². The number of allylic oxidation sites excluding steroid dienone is 1. The molecule has 0 N–H and O–H groups in total. The van der Waals surface area contributed by atoms with Crippen LogP contribution in [-0.4, -0.2) is 16.2 Å². The van der Waals surface area contributed by atoms with Crippen LogP contribution in [0.2, 0.25) is 0 Å². The van der Waals surface area contributed by atoms with Crippen LogP contribution in [0, 0.1) is 0 Å². The first-order valence-electron chi connectivity index (χ1n) is 12.0. The van der Waals surface area contributed by atoms with Crippen molar-refractivity contribution in [1.29, 1.82) is 0 Å². The Kier molecular flexibility index (Phi) is 5.91. The van der Waals surface area contributed by atoms with Gasteiger partial charge in [0.1, 0.15) is 0 Å². The summed E-state index contributed by atoms with van der Waals surface area (Å²) in [6, 6.07) is 39.3. The van der Waals surface area contributed by atoms with E-state index >= 15 is 0 Å². The molecule has 0 saturated carbocycles. The molecular formula is C32H24N4. The Labute approximate surface area is 211 Å². The van der Waals surface area contributed by atoms with Crippen molar-refractivity contribution < 1.29 is 0 Å². The Morgan fingerprint density at radius 1 is 0.528 bits per heavy atom. The van der Waals surface area contributed by atoms with Gasteiger partial charge in [0.05, 0.1) is 11.4 Å². The van der Waals surface area contributed by atoms with E-state index in [0.29, 0.717) is 0 Å². The number of hydrogen-bond donors (Lipinski definition) is 0. The summed E-state index contributed by atoms with van der Waals surface area (Å²) >= 11 is 0. The summed E-state index contributed by atoms with van der Waals surface area (Å²) in [4.78, 5) is 16.2. The van der Waals surface area contributed by atoms with Crippen molar-refractivity contribution in [3.8, 4) is 22.5 Å². The summed E-state index contributed by atoms with van der Waals surface area (Å²) < 4.78 is 0. The lowest BCUT2D eigenvalue weighted by Crippen LogP contribution is -2.25. The average Bonchev–Trinajstić information content (AvgIpc) is 2.98. The normalized spacial score (nSPS) is 14.9. The molecule has 1 aliphatic heterocycles. The third-order valence-corrected chi connectivity index (χ3v) is 6.30. The van der Waals surface area contributed by atoms with Gasteiger partial charge in [0, 0.05) is 47.2 Å². The predicted octanol–water partition coefficient (Wildman–Crippen LogP) is 7.44. The zero-order chi connectivity index (χ0) is 24.2. The molecule has 36 heavy (non-hydrogen) atoms. The van der Waals surface area contributed by atoms with E-state index in [1.165, 1.54) is 0 Å². The van der Waals surface area contributed by atoms with Crippen molar-refractivity contribution in [3.05, 3.63) is 145 Å². The van der Waals surface area contributed by atoms with Crippen LogP contribution in [0.5, 0.6) is 0 Å². The minimum atomic E-state index is -0.136. The van der Waals surface area contributed by atoms with Crippen molar-refractivity contribution in [2.45, 2.75) is 6.17 Å². The van der Waals surface area contributed by atoms with E-state index in [1.807, 2.05) is 61.1 Å². The van der Waals surface area contributed by atoms with Crippen molar-refractivity contribution >= 4 is 17.5 Å². The quantitative estimate of drug-likeness (QED) is 0.271. The zero-order valence-electron chi connectivity index (χ0n) is 19.6. The smallest absolute Gasteiger partial charge is 0.150 e. The summed E-state index contributed by atoms with van der Waals surface area (Å²) in [6.45, 7) is 0. The van der Waals surface area contributed by atoms with E-state index in [0.717, 1.165) is 44.9 Å². The largest absolute Gasteiger partial charge is 0.321 e. The molecule has 4 nitrogen and oxygen atoms in total. The lowest BCUT2D eigenvalue weighted by Gasteiger charge is -2.32. The first-order chi connectivity index (χ1) is 17.8. The molecule has 6 rings (SSSR count). The molecule has 1 atom stereocenters. The second-order valence-corrected chi connectivity index (χ2v) is 8.61.